The summed E-state index contributed by atoms with van der Waals surface area (Å²) in [6.07, 6.45) is 0.687. The summed E-state index contributed by atoms with van der Waals surface area (Å²) >= 11 is 8.58. The first-order valence-electron chi connectivity index (χ1n) is 4.86. The third-order valence-corrected chi connectivity index (χ3v) is 2.96. The van der Waals surface area contributed by atoms with Gasteiger partial charge in [-0.15, -0.1) is 11.6 Å². The maximum Gasteiger partial charge on any atom is 0.251 e. The zero-order valence-electron chi connectivity index (χ0n) is 8.77. The molecule has 1 unspecified atom stereocenters. The minimum absolute atomic E-state index is 0.0169. The Hall–Kier alpha value is -0.610. The highest BCUT2D eigenvalue weighted by Crippen LogP contribution is 2.16. The second-order valence-corrected chi connectivity index (χ2v) is 4.71. The van der Waals surface area contributed by atoms with Crippen molar-refractivity contribution < 1.29 is 9.18 Å². The van der Waals surface area contributed by atoms with Crippen LogP contribution in [-0.2, 0) is 0 Å². The lowest BCUT2D eigenvalue weighted by Crippen LogP contribution is -2.32. The number of benzene rings is 1. The maximum atomic E-state index is 13.2. The van der Waals surface area contributed by atoms with Gasteiger partial charge in [0, 0.05) is 17.5 Å². The van der Waals surface area contributed by atoms with E-state index in [4.69, 9.17) is 11.6 Å². The van der Waals surface area contributed by atoms with E-state index in [1.54, 1.807) is 6.07 Å². The van der Waals surface area contributed by atoms with Crippen molar-refractivity contribution in [3.63, 3.8) is 0 Å². The van der Waals surface area contributed by atoms with Crippen LogP contribution in [0.4, 0.5) is 4.39 Å². The molecule has 1 atom stereocenters. The smallest absolute Gasteiger partial charge is 0.251 e. The molecule has 1 N–H and O–H groups in total. The van der Waals surface area contributed by atoms with Gasteiger partial charge in [-0.25, -0.2) is 4.39 Å². The molecule has 0 aliphatic rings. The highest BCUT2D eigenvalue weighted by molar-refractivity contribution is 9.10. The molecule has 1 aromatic carbocycles. The van der Waals surface area contributed by atoms with Crippen LogP contribution >= 0.6 is 27.5 Å². The van der Waals surface area contributed by atoms with Crippen LogP contribution < -0.4 is 5.32 Å². The largest absolute Gasteiger partial charge is 0.350 e. The number of carbonyl (C=O) groups excluding carboxylic acids is 1. The summed E-state index contributed by atoms with van der Waals surface area (Å²) in [6.45, 7) is 1.86. The lowest BCUT2D eigenvalue weighted by atomic mass is 10.2. The SMILES string of the molecule is CC(CCCl)NC(=O)c1ccc(Br)c(F)c1. The first kappa shape index (κ1) is 13.5. The van der Waals surface area contributed by atoms with Crippen LogP contribution in [0.2, 0.25) is 0 Å². The summed E-state index contributed by atoms with van der Waals surface area (Å²) < 4.78 is 13.5. The van der Waals surface area contributed by atoms with Gasteiger partial charge < -0.3 is 5.32 Å². The zero-order valence-corrected chi connectivity index (χ0v) is 11.1. The molecule has 1 rings (SSSR count). The third-order valence-electron chi connectivity index (χ3n) is 2.10. The van der Waals surface area contributed by atoms with Gasteiger partial charge in [-0.2, -0.15) is 0 Å². The van der Waals surface area contributed by atoms with Gasteiger partial charge in [-0.05, 0) is 47.5 Å². The molecular formula is C11H12BrClFNO. The molecule has 0 aliphatic heterocycles. The highest BCUT2D eigenvalue weighted by Gasteiger charge is 2.11. The van der Waals surface area contributed by atoms with Crippen LogP contribution in [0.5, 0.6) is 0 Å². The Kier molecular flexibility index (Phi) is 5.22. The molecule has 1 amide bonds. The lowest BCUT2D eigenvalue weighted by Gasteiger charge is -2.12. The highest BCUT2D eigenvalue weighted by atomic mass is 79.9. The summed E-state index contributed by atoms with van der Waals surface area (Å²) in [7, 11) is 0. The Labute approximate surface area is 107 Å². The number of hydrogen-bond acceptors (Lipinski definition) is 1. The van der Waals surface area contributed by atoms with Crippen molar-refractivity contribution in [2.24, 2.45) is 0 Å². The van der Waals surface area contributed by atoms with Gasteiger partial charge in [0.15, 0.2) is 0 Å². The molecule has 0 aromatic heterocycles. The Balaban J connectivity index is 2.69. The van der Waals surface area contributed by atoms with Gasteiger partial charge in [0.2, 0.25) is 0 Å². The number of rotatable bonds is 4. The Bertz CT molecular complexity index is 386. The topological polar surface area (TPSA) is 29.1 Å². The van der Waals surface area contributed by atoms with Gasteiger partial charge in [0.1, 0.15) is 5.82 Å². The normalized spacial score (nSPS) is 12.2. The number of alkyl halides is 1. The summed E-state index contributed by atoms with van der Waals surface area (Å²) in [6, 6.07) is 4.26. The lowest BCUT2D eigenvalue weighted by molar-refractivity contribution is 0.0939. The predicted molar refractivity (Wildman–Crippen MR) is 66.4 cm³/mol. The molecule has 0 bridgehead atoms. The first-order chi connectivity index (χ1) is 7.54. The summed E-state index contributed by atoms with van der Waals surface area (Å²) in [4.78, 5) is 11.7. The molecule has 0 spiro atoms. The molecule has 88 valence electrons. The van der Waals surface area contributed by atoms with Crippen LogP contribution in [0, 0.1) is 5.82 Å². The first-order valence-corrected chi connectivity index (χ1v) is 6.19. The Morgan fingerprint density at radius 2 is 2.31 bits per heavy atom. The molecule has 0 heterocycles. The van der Waals surface area contributed by atoms with E-state index < -0.39 is 5.82 Å². The molecule has 0 fully saturated rings. The molecule has 1 aromatic rings. The number of carbonyl (C=O) groups is 1. The Morgan fingerprint density at radius 1 is 1.62 bits per heavy atom. The summed E-state index contributed by atoms with van der Waals surface area (Å²) in [5.74, 6) is -0.252. The quantitative estimate of drug-likeness (QED) is 0.849. The molecule has 5 heteroatoms. The Morgan fingerprint density at radius 3 is 2.88 bits per heavy atom. The fourth-order valence-corrected chi connectivity index (χ4v) is 1.75. The van der Waals surface area contributed by atoms with Crippen LogP contribution in [-0.4, -0.2) is 17.8 Å². The monoisotopic (exact) mass is 307 g/mol. The van der Waals surface area contributed by atoms with Crippen LogP contribution in [0.15, 0.2) is 22.7 Å². The summed E-state index contributed by atoms with van der Waals surface area (Å²) in [5.41, 5.74) is 0.308. The number of nitrogens with one attached hydrogen (secondary N) is 1. The number of halogens is 3. The van der Waals surface area contributed by atoms with Crippen LogP contribution in [0.3, 0.4) is 0 Å². The van der Waals surface area contributed by atoms with Crippen molar-refractivity contribution in [3.05, 3.63) is 34.1 Å². The van der Waals surface area contributed by atoms with E-state index in [-0.39, 0.29) is 11.9 Å². The van der Waals surface area contributed by atoms with E-state index in [9.17, 15) is 9.18 Å². The fraction of sp³-hybridized carbons (Fsp3) is 0.364. The minimum Gasteiger partial charge on any atom is -0.350 e. The molecule has 0 saturated heterocycles. The number of amides is 1. The molecular weight excluding hydrogens is 296 g/mol. The molecule has 0 radical (unpaired) electrons. The molecule has 16 heavy (non-hydrogen) atoms. The maximum absolute atomic E-state index is 13.2. The third kappa shape index (κ3) is 3.76. The average Bonchev–Trinajstić information content (AvgIpc) is 2.22. The van der Waals surface area contributed by atoms with Crippen molar-refractivity contribution in [3.8, 4) is 0 Å². The van der Waals surface area contributed by atoms with E-state index in [0.717, 1.165) is 0 Å². The van der Waals surface area contributed by atoms with Gasteiger partial charge in [0.25, 0.3) is 5.91 Å². The second kappa shape index (κ2) is 6.21. The van der Waals surface area contributed by atoms with E-state index in [1.165, 1.54) is 12.1 Å². The van der Waals surface area contributed by atoms with Gasteiger partial charge in [-0.1, -0.05) is 0 Å². The van der Waals surface area contributed by atoms with E-state index in [2.05, 4.69) is 21.2 Å². The van der Waals surface area contributed by atoms with Crippen molar-refractivity contribution >= 4 is 33.4 Å². The predicted octanol–water partition coefficient (Wildman–Crippen LogP) is 3.34. The van der Waals surface area contributed by atoms with Crippen LogP contribution in [0.1, 0.15) is 23.7 Å². The number of hydrogen-bond donors (Lipinski definition) is 1. The van der Waals surface area contributed by atoms with Crippen molar-refractivity contribution in [2.45, 2.75) is 19.4 Å². The summed E-state index contributed by atoms with van der Waals surface area (Å²) in [5, 5.41) is 2.74. The van der Waals surface area contributed by atoms with Crippen molar-refractivity contribution in [2.75, 3.05) is 5.88 Å². The molecule has 2 nitrogen and oxygen atoms in total. The van der Waals surface area contributed by atoms with E-state index in [0.29, 0.717) is 22.3 Å². The van der Waals surface area contributed by atoms with Crippen LogP contribution in [0.25, 0.3) is 0 Å². The minimum atomic E-state index is -0.447. The standard InChI is InChI=1S/C11H12BrClFNO/c1-7(4-5-13)15-11(16)8-2-3-9(12)10(14)6-8/h2-3,6-7H,4-5H2,1H3,(H,15,16). The molecule has 0 saturated carbocycles. The zero-order chi connectivity index (χ0) is 12.1. The van der Waals surface area contributed by atoms with Gasteiger partial charge in [0.05, 0.1) is 4.47 Å². The van der Waals surface area contributed by atoms with E-state index in [1.807, 2.05) is 6.92 Å². The second-order valence-electron chi connectivity index (χ2n) is 3.48. The average molecular weight is 309 g/mol. The molecule has 0 aliphatic carbocycles. The fourth-order valence-electron chi connectivity index (χ4n) is 1.18. The van der Waals surface area contributed by atoms with Gasteiger partial charge >= 0.3 is 0 Å². The van der Waals surface area contributed by atoms with E-state index >= 15 is 0 Å². The van der Waals surface area contributed by atoms with Crippen molar-refractivity contribution in [1.82, 2.24) is 5.32 Å². The van der Waals surface area contributed by atoms with Gasteiger partial charge in [-0.3, -0.25) is 4.79 Å². The van der Waals surface area contributed by atoms with Crippen molar-refractivity contribution in [1.29, 1.82) is 0 Å².